The molecule has 4 rings (SSSR count). The molecule has 0 spiro atoms. The van der Waals surface area contributed by atoms with E-state index in [1.165, 1.54) is 0 Å². The van der Waals surface area contributed by atoms with Crippen molar-refractivity contribution >= 4 is 17.8 Å². The average molecular weight is 507 g/mol. The highest BCUT2D eigenvalue weighted by Crippen LogP contribution is 2.68. The summed E-state index contributed by atoms with van der Waals surface area (Å²) in [6.45, 7) is 9.78. The number of likely N-dealkylation sites (tertiary alicyclic amines) is 1. The second-order valence-electron chi connectivity index (χ2n) is 13.0. The van der Waals surface area contributed by atoms with Crippen molar-refractivity contribution in [3.05, 3.63) is 0 Å². The van der Waals surface area contributed by atoms with Crippen molar-refractivity contribution < 1.29 is 29.3 Å². The molecule has 8 heteroatoms. The summed E-state index contributed by atoms with van der Waals surface area (Å²) in [6.07, 6.45) is 2.89. The fourth-order valence-corrected chi connectivity index (χ4v) is 8.49. The third kappa shape index (κ3) is 4.41. The number of rotatable bonds is 4. The molecule has 0 aromatic rings. The molecule has 2 unspecified atom stereocenters. The van der Waals surface area contributed by atoms with Gasteiger partial charge >= 0.3 is 6.09 Å². The Balaban J connectivity index is 1.66. The van der Waals surface area contributed by atoms with Crippen molar-refractivity contribution in [1.29, 1.82) is 0 Å². The zero-order valence-electron chi connectivity index (χ0n) is 22.7. The van der Waals surface area contributed by atoms with Gasteiger partial charge in [0.05, 0.1) is 6.10 Å². The molecular formula is C28H46N2O6. The maximum Gasteiger partial charge on any atom is 0.414 e. The number of imide groups is 1. The third-order valence-corrected chi connectivity index (χ3v) is 11.1. The van der Waals surface area contributed by atoms with Crippen LogP contribution in [0.4, 0.5) is 4.79 Å². The van der Waals surface area contributed by atoms with Crippen molar-refractivity contribution in [2.24, 2.45) is 39.9 Å². The minimum atomic E-state index is -0.770. The molecule has 3 aliphatic carbocycles. The normalized spacial score (nSPS) is 43.9. The summed E-state index contributed by atoms with van der Waals surface area (Å²) in [5.74, 6) is -0.621. The molecule has 204 valence electrons. The predicted octanol–water partition coefficient (Wildman–Crippen LogP) is 3.14. The number of hydrogen-bond acceptors (Lipinski definition) is 7. The van der Waals surface area contributed by atoms with Crippen LogP contribution in [0.3, 0.4) is 0 Å². The Morgan fingerprint density at radius 2 is 1.81 bits per heavy atom. The predicted molar refractivity (Wildman–Crippen MR) is 135 cm³/mol. The topological polar surface area (TPSA) is 116 Å². The van der Waals surface area contributed by atoms with E-state index in [0.717, 1.165) is 32.4 Å². The maximum absolute atomic E-state index is 13.5. The van der Waals surface area contributed by atoms with Gasteiger partial charge in [-0.25, -0.2) is 4.79 Å². The average Bonchev–Trinajstić information content (AvgIpc) is 3.18. The van der Waals surface area contributed by atoms with Crippen LogP contribution in [0.15, 0.2) is 0 Å². The minimum absolute atomic E-state index is 0.0879. The van der Waals surface area contributed by atoms with Crippen molar-refractivity contribution in [2.75, 3.05) is 26.7 Å². The molecule has 36 heavy (non-hydrogen) atoms. The van der Waals surface area contributed by atoms with Crippen LogP contribution in [0.25, 0.3) is 0 Å². The molecule has 3 N–H and O–H groups in total. The lowest BCUT2D eigenvalue weighted by Crippen LogP contribution is -2.63. The zero-order valence-corrected chi connectivity index (χ0v) is 22.7. The highest BCUT2D eigenvalue weighted by atomic mass is 16.6. The van der Waals surface area contributed by atoms with Gasteiger partial charge in [0.1, 0.15) is 11.9 Å². The van der Waals surface area contributed by atoms with Crippen molar-refractivity contribution in [3.63, 3.8) is 0 Å². The Labute approximate surface area is 215 Å². The monoisotopic (exact) mass is 506 g/mol. The van der Waals surface area contributed by atoms with E-state index in [1.807, 2.05) is 14.0 Å². The Morgan fingerprint density at radius 3 is 2.44 bits per heavy atom. The van der Waals surface area contributed by atoms with E-state index in [-0.39, 0.29) is 47.4 Å². The Hall–Kier alpha value is -1.51. The lowest BCUT2D eigenvalue weighted by Gasteiger charge is -2.62. The summed E-state index contributed by atoms with van der Waals surface area (Å²) in [5.41, 5.74) is -1.67. The second-order valence-corrected chi connectivity index (χ2v) is 13.0. The first-order valence-corrected chi connectivity index (χ1v) is 13.9. The molecule has 1 saturated heterocycles. The highest BCUT2D eigenvalue weighted by molar-refractivity contribution is 5.93. The van der Waals surface area contributed by atoms with Gasteiger partial charge in [-0.1, -0.05) is 27.7 Å². The maximum atomic E-state index is 13.5. The van der Waals surface area contributed by atoms with E-state index in [1.54, 1.807) is 0 Å². The number of carbonyl (C=O) groups is 3. The lowest BCUT2D eigenvalue weighted by atomic mass is 9.43. The van der Waals surface area contributed by atoms with E-state index < -0.39 is 29.1 Å². The quantitative estimate of drug-likeness (QED) is 0.536. The van der Waals surface area contributed by atoms with Crippen molar-refractivity contribution in [1.82, 2.24) is 10.2 Å². The summed E-state index contributed by atoms with van der Waals surface area (Å²) >= 11 is 0. The van der Waals surface area contributed by atoms with Crippen LogP contribution in [0.2, 0.25) is 0 Å². The number of alkyl carbamates (subject to hydrolysis) is 1. The molecule has 4 aliphatic rings. The number of hydrogen-bond donors (Lipinski definition) is 3. The summed E-state index contributed by atoms with van der Waals surface area (Å²) < 4.78 is 6.12. The van der Waals surface area contributed by atoms with Gasteiger partial charge in [-0.15, -0.1) is 0 Å². The molecule has 0 aromatic carbocycles. The van der Waals surface area contributed by atoms with Crippen LogP contribution in [0.5, 0.6) is 0 Å². The smallest absolute Gasteiger partial charge is 0.414 e. The number of ketones is 1. The van der Waals surface area contributed by atoms with Crippen LogP contribution in [0.1, 0.15) is 79.1 Å². The van der Waals surface area contributed by atoms with Gasteiger partial charge in [-0.05, 0) is 87.7 Å². The number of nitrogens with zero attached hydrogens (tertiary/aromatic N) is 1. The molecule has 1 heterocycles. The van der Waals surface area contributed by atoms with Crippen LogP contribution in [-0.2, 0) is 14.3 Å². The van der Waals surface area contributed by atoms with E-state index in [2.05, 4.69) is 31.0 Å². The molecule has 2 amide bonds. The summed E-state index contributed by atoms with van der Waals surface area (Å²) in [6, 6.07) is 0. The van der Waals surface area contributed by atoms with E-state index in [9.17, 15) is 24.6 Å². The van der Waals surface area contributed by atoms with Crippen LogP contribution < -0.4 is 5.32 Å². The number of amides is 2. The standard InChI is InChI=1S/C28H46N2O6/c1-17-6-10-28-11-7-20(32)22(28)27(17,4)21(16-26(3,12-15-31)23(33)18(28)2)36-25(35)29-24(34)19-8-13-30(5)14-9-19/h17-19,21-23,31,33H,6-16H2,1-5H3,(H,29,34,35)/t17-,18+,21-,22?,23+,26-,27+,28?/m1/s1. The summed E-state index contributed by atoms with van der Waals surface area (Å²) in [4.78, 5) is 41.6. The van der Waals surface area contributed by atoms with Crippen LogP contribution in [-0.4, -0.2) is 71.8 Å². The molecule has 2 bridgehead atoms. The Morgan fingerprint density at radius 1 is 1.14 bits per heavy atom. The van der Waals surface area contributed by atoms with E-state index in [4.69, 9.17) is 4.74 Å². The number of nitrogens with one attached hydrogen (secondary N) is 1. The fourth-order valence-electron chi connectivity index (χ4n) is 8.49. The molecule has 4 fully saturated rings. The van der Waals surface area contributed by atoms with E-state index >= 15 is 0 Å². The van der Waals surface area contributed by atoms with Gasteiger partial charge in [-0.2, -0.15) is 0 Å². The van der Waals surface area contributed by atoms with Gasteiger partial charge in [0.2, 0.25) is 5.91 Å². The number of aliphatic hydroxyl groups is 2. The van der Waals surface area contributed by atoms with Gasteiger partial charge in [0, 0.05) is 30.3 Å². The second kappa shape index (κ2) is 9.99. The lowest BCUT2D eigenvalue weighted by molar-refractivity contribution is -0.200. The summed E-state index contributed by atoms with van der Waals surface area (Å²) in [7, 11) is 2.02. The number of Topliss-reactive ketones (excluding diaryl/α,β-unsaturated/α-hetero) is 1. The van der Waals surface area contributed by atoms with Crippen LogP contribution >= 0.6 is 0 Å². The first kappa shape index (κ1) is 27.5. The van der Waals surface area contributed by atoms with E-state index in [0.29, 0.717) is 32.1 Å². The molecule has 8 atom stereocenters. The summed E-state index contributed by atoms with van der Waals surface area (Å²) in [5, 5.41) is 24.1. The van der Waals surface area contributed by atoms with Gasteiger partial charge in [-0.3, -0.25) is 14.9 Å². The molecular weight excluding hydrogens is 460 g/mol. The van der Waals surface area contributed by atoms with Gasteiger partial charge in [0.15, 0.2) is 0 Å². The van der Waals surface area contributed by atoms with Gasteiger partial charge < -0.3 is 19.8 Å². The molecule has 0 radical (unpaired) electrons. The fraction of sp³-hybridized carbons (Fsp3) is 0.893. The van der Waals surface area contributed by atoms with Crippen molar-refractivity contribution in [3.8, 4) is 0 Å². The Kier molecular flexibility index (Phi) is 7.64. The first-order chi connectivity index (χ1) is 16.9. The SMILES string of the molecule is C[C@@H]1CCC23CCC(=O)C2[C@]1(C)[C@H](OC(=O)NC(=O)C1CCN(C)CC1)C[C@@](C)(CCO)[C@@H](O)[C@@H]3C. The number of aliphatic hydroxyl groups excluding tert-OH is 2. The largest absolute Gasteiger partial charge is 0.445 e. The number of piperidine rings is 1. The molecule has 8 nitrogen and oxygen atoms in total. The first-order valence-electron chi connectivity index (χ1n) is 13.9. The number of ether oxygens (including phenoxy) is 1. The minimum Gasteiger partial charge on any atom is -0.445 e. The Bertz CT molecular complexity index is 872. The highest BCUT2D eigenvalue weighted by Gasteiger charge is 2.68. The van der Waals surface area contributed by atoms with Gasteiger partial charge in [0.25, 0.3) is 0 Å². The van der Waals surface area contributed by atoms with Crippen molar-refractivity contribution in [2.45, 2.75) is 91.3 Å². The molecule has 0 aromatic heterocycles. The molecule has 1 aliphatic heterocycles. The zero-order chi connectivity index (χ0) is 26.5. The van der Waals surface area contributed by atoms with Crippen LogP contribution in [0, 0.1) is 39.9 Å². The third-order valence-electron chi connectivity index (χ3n) is 11.1. The number of carbonyl (C=O) groups excluding carboxylic acids is 3. The molecule has 3 saturated carbocycles.